The van der Waals surface area contributed by atoms with Crippen molar-refractivity contribution in [3.63, 3.8) is 0 Å². The molecular weight excluding hydrogens is 320 g/mol. The van der Waals surface area contributed by atoms with Crippen LogP contribution >= 0.6 is 0 Å². The van der Waals surface area contributed by atoms with Crippen molar-refractivity contribution in [3.8, 4) is 0 Å². The number of hydrogen-bond acceptors (Lipinski definition) is 4. The number of nitrogens with zero attached hydrogens (tertiary/aromatic N) is 2. The number of aliphatic hydroxyl groups is 1. The molecule has 0 spiro atoms. The van der Waals surface area contributed by atoms with Crippen molar-refractivity contribution < 1.29 is 24.3 Å². The Bertz CT molecular complexity index is 635. The summed E-state index contributed by atoms with van der Waals surface area (Å²) < 4.78 is 1.000. The van der Waals surface area contributed by atoms with E-state index in [1.165, 1.54) is 17.7 Å². The highest BCUT2D eigenvalue weighted by Gasteiger charge is 2.61. The highest BCUT2D eigenvalue weighted by molar-refractivity contribution is 5.99. The largest absolute Gasteiger partial charge is 0.543 e. The summed E-state index contributed by atoms with van der Waals surface area (Å²) in [5.74, 6) is -1.65. The molecule has 0 aromatic carbocycles. The summed E-state index contributed by atoms with van der Waals surface area (Å²) in [6.45, 7) is 4.89. The first kappa shape index (κ1) is 17.0. The molecule has 0 aromatic rings. The van der Waals surface area contributed by atoms with E-state index in [-0.39, 0.29) is 29.5 Å². The molecule has 0 bridgehead atoms. The summed E-state index contributed by atoms with van der Waals surface area (Å²) in [4.78, 5) is 25.8. The van der Waals surface area contributed by atoms with Crippen LogP contribution in [0.3, 0.4) is 0 Å². The van der Waals surface area contributed by atoms with E-state index in [0.717, 1.165) is 49.0 Å². The molecule has 3 heterocycles. The smallest absolute Gasteiger partial charge is 0.235 e. The third-order valence-corrected chi connectivity index (χ3v) is 7.04. The number of carbonyl (C=O) groups excluding carboxylic acids is 2. The van der Waals surface area contributed by atoms with Crippen molar-refractivity contribution in [2.24, 2.45) is 17.8 Å². The molecule has 25 heavy (non-hydrogen) atoms. The molecule has 6 nitrogen and oxygen atoms in total. The molecular formula is C19H28N2O4. The maximum atomic E-state index is 12.5. The quantitative estimate of drug-likeness (QED) is 0.567. The van der Waals surface area contributed by atoms with Gasteiger partial charge in [0.1, 0.15) is 0 Å². The lowest BCUT2D eigenvalue weighted by atomic mass is 9.69. The van der Waals surface area contributed by atoms with Gasteiger partial charge in [0.15, 0.2) is 0 Å². The Hall–Kier alpha value is -1.40. The second-order valence-corrected chi connectivity index (χ2v) is 8.75. The molecule has 4 rings (SSSR count). The Balaban J connectivity index is 1.69. The minimum Gasteiger partial charge on any atom is -0.543 e. The number of carboxylic acid groups (broad SMARTS) is 1. The van der Waals surface area contributed by atoms with E-state index >= 15 is 0 Å². The summed E-state index contributed by atoms with van der Waals surface area (Å²) in [5, 5.41) is 21.9. The Morgan fingerprint density at radius 3 is 2.60 bits per heavy atom. The maximum absolute atomic E-state index is 12.5. The normalized spacial score (nSPS) is 37.6. The van der Waals surface area contributed by atoms with Crippen LogP contribution in [0.15, 0.2) is 11.3 Å². The first-order valence-electron chi connectivity index (χ1n) is 9.64. The fourth-order valence-corrected chi connectivity index (χ4v) is 5.99. The number of carboxylic acids is 1. The molecule has 2 saturated heterocycles. The molecule has 1 aliphatic carbocycles. The van der Waals surface area contributed by atoms with Gasteiger partial charge in [0.25, 0.3) is 0 Å². The summed E-state index contributed by atoms with van der Waals surface area (Å²) in [5.41, 5.74) is 1.08. The fourth-order valence-electron chi connectivity index (χ4n) is 5.99. The van der Waals surface area contributed by atoms with E-state index in [9.17, 15) is 19.8 Å². The topological polar surface area (TPSA) is 80.7 Å². The van der Waals surface area contributed by atoms with Crippen LogP contribution in [0.1, 0.15) is 39.0 Å². The van der Waals surface area contributed by atoms with E-state index in [4.69, 9.17) is 0 Å². The minimum atomic E-state index is -1.23. The molecule has 6 heteroatoms. The molecule has 5 atom stereocenters. The zero-order valence-electron chi connectivity index (χ0n) is 15.1. The Morgan fingerprint density at radius 2 is 2.00 bits per heavy atom. The van der Waals surface area contributed by atoms with Crippen LogP contribution in [0.4, 0.5) is 0 Å². The number of aliphatic hydroxyl groups excluding tert-OH is 1. The number of rotatable bonds is 4. The first-order valence-corrected chi connectivity index (χ1v) is 9.64. The van der Waals surface area contributed by atoms with Crippen molar-refractivity contribution in [2.75, 3.05) is 26.7 Å². The molecule has 138 valence electrons. The molecule has 3 fully saturated rings. The molecule has 1 saturated carbocycles. The van der Waals surface area contributed by atoms with Gasteiger partial charge in [0.05, 0.1) is 56.4 Å². The van der Waals surface area contributed by atoms with Gasteiger partial charge in [0.2, 0.25) is 5.91 Å². The number of carbonyl (C=O) groups is 2. The van der Waals surface area contributed by atoms with E-state index < -0.39 is 18.0 Å². The summed E-state index contributed by atoms with van der Waals surface area (Å²) in [6, 6.07) is -0.179. The van der Waals surface area contributed by atoms with Gasteiger partial charge in [0, 0.05) is 24.7 Å². The number of amides is 1. The lowest BCUT2D eigenvalue weighted by Crippen LogP contribution is -2.64. The monoisotopic (exact) mass is 348 g/mol. The Kier molecular flexibility index (Phi) is 3.96. The van der Waals surface area contributed by atoms with Crippen molar-refractivity contribution in [1.82, 2.24) is 4.90 Å². The molecule has 0 aromatic heterocycles. The van der Waals surface area contributed by atoms with Gasteiger partial charge >= 0.3 is 0 Å². The number of quaternary nitrogens is 1. The van der Waals surface area contributed by atoms with Gasteiger partial charge < -0.3 is 24.4 Å². The van der Waals surface area contributed by atoms with Crippen molar-refractivity contribution >= 4 is 11.9 Å². The fraction of sp³-hybridized carbons (Fsp3) is 0.789. The summed E-state index contributed by atoms with van der Waals surface area (Å²) in [7, 11) is 2.27. The van der Waals surface area contributed by atoms with Crippen molar-refractivity contribution in [1.29, 1.82) is 0 Å². The summed E-state index contributed by atoms with van der Waals surface area (Å²) in [6.07, 6.45) is 4.69. The number of hydrogen-bond donors (Lipinski definition) is 1. The van der Waals surface area contributed by atoms with Gasteiger partial charge in [-0.15, -0.1) is 0 Å². The van der Waals surface area contributed by atoms with Crippen molar-refractivity contribution in [2.45, 2.75) is 51.2 Å². The average Bonchev–Trinajstić information content (AvgIpc) is 3.07. The lowest BCUT2D eigenvalue weighted by molar-refractivity contribution is -0.900. The van der Waals surface area contributed by atoms with Gasteiger partial charge in [-0.2, -0.15) is 0 Å². The summed E-state index contributed by atoms with van der Waals surface area (Å²) >= 11 is 0. The third kappa shape index (κ3) is 2.45. The average molecular weight is 348 g/mol. The Morgan fingerprint density at radius 1 is 1.32 bits per heavy atom. The maximum Gasteiger partial charge on any atom is 0.235 e. The second-order valence-electron chi connectivity index (χ2n) is 8.75. The first-order chi connectivity index (χ1) is 11.8. The molecule has 3 aliphatic heterocycles. The SMILES string of the molecule is C[C@@H](O)[C@H]1C(=O)N2C(C(=O)[O-])=C3[C@@H](C[N+]4(C)CCCC4)CCC[C@@H]3[C@H]12. The number of fused-ring (bicyclic) bond motifs is 3. The van der Waals surface area contributed by atoms with E-state index in [2.05, 4.69) is 7.05 Å². The van der Waals surface area contributed by atoms with Crippen LogP contribution in [0.2, 0.25) is 0 Å². The van der Waals surface area contributed by atoms with Gasteiger partial charge in [-0.3, -0.25) is 4.79 Å². The van der Waals surface area contributed by atoms with Crippen LogP contribution in [0.5, 0.6) is 0 Å². The van der Waals surface area contributed by atoms with Gasteiger partial charge in [-0.1, -0.05) is 6.42 Å². The molecule has 1 N–H and O–H groups in total. The number of aliphatic carboxylic acids is 1. The van der Waals surface area contributed by atoms with Crippen LogP contribution < -0.4 is 5.11 Å². The highest BCUT2D eigenvalue weighted by atomic mass is 16.4. The second kappa shape index (κ2) is 5.81. The van der Waals surface area contributed by atoms with Crippen LogP contribution in [-0.2, 0) is 9.59 Å². The van der Waals surface area contributed by atoms with E-state index in [1.807, 2.05) is 0 Å². The zero-order chi connectivity index (χ0) is 17.9. The third-order valence-electron chi connectivity index (χ3n) is 7.04. The zero-order valence-corrected chi connectivity index (χ0v) is 15.1. The molecule has 0 unspecified atom stereocenters. The molecule has 4 aliphatic rings. The minimum absolute atomic E-state index is 0.0816. The standard InChI is InChI=1S/C19H28N2O4/c1-11(22)14-16-13-7-5-6-12(10-21(2)8-3-4-9-21)15(13)17(19(24)25)20(16)18(14)23/h11-14,16,22H,3-10H2,1-2H3/t11-,12-,13+,14-,16-/m1/s1. The highest BCUT2D eigenvalue weighted by Crippen LogP contribution is 2.54. The molecule has 1 amide bonds. The van der Waals surface area contributed by atoms with Gasteiger partial charge in [-0.05, 0) is 25.3 Å². The van der Waals surface area contributed by atoms with Crippen LogP contribution in [0, 0.1) is 17.8 Å². The van der Waals surface area contributed by atoms with E-state index in [0.29, 0.717) is 0 Å². The van der Waals surface area contributed by atoms with Crippen molar-refractivity contribution in [3.05, 3.63) is 11.3 Å². The lowest BCUT2D eigenvalue weighted by Gasteiger charge is -2.48. The Labute approximate surface area is 148 Å². The predicted molar refractivity (Wildman–Crippen MR) is 88.7 cm³/mol. The van der Waals surface area contributed by atoms with Crippen LogP contribution in [-0.4, -0.2) is 65.2 Å². The number of β-lactam (4-membered cyclic amide) rings is 1. The molecule has 0 radical (unpaired) electrons. The van der Waals surface area contributed by atoms with E-state index in [1.54, 1.807) is 6.92 Å². The predicted octanol–water partition coefficient (Wildman–Crippen LogP) is -0.131. The van der Waals surface area contributed by atoms with Gasteiger partial charge in [-0.25, -0.2) is 0 Å². The number of likely N-dealkylation sites (tertiary alicyclic amines) is 1. The van der Waals surface area contributed by atoms with Crippen LogP contribution in [0.25, 0.3) is 0 Å².